The smallest absolute Gasteiger partial charge is 0.365 e. The first-order valence-corrected chi connectivity index (χ1v) is 6.79. The average Bonchev–Trinajstić information content (AvgIpc) is 2.52. The lowest BCUT2D eigenvalue weighted by Gasteiger charge is -2.13. The van der Waals surface area contributed by atoms with Crippen LogP contribution in [0.5, 0.6) is 0 Å². The van der Waals surface area contributed by atoms with E-state index in [1.54, 1.807) is 25.3 Å². The van der Waals surface area contributed by atoms with Gasteiger partial charge in [-0.1, -0.05) is 6.07 Å². The molecule has 0 fully saturated rings. The molecule has 0 aromatic carbocycles. The number of hydrogen-bond acceptors (Lipinski definition) is 5. The third kappa shape index (κ3) is 3.20. The first kappa shape index (κ1) is 15.1. The molecule has 0 radical (unpaired) electrons. The van der Waals surface area contributed by atoms with Crippen molar-refractivity contribution in [2.75, 3.05) is 5.32 Å². The molecule has 0 atom stereocenters. The molecule has 0 spiro atoms. The highest BCUT2D eigenvalue weighted by atomic mass is 19.4. The van der Waals surface area contributed by atoms with Crippen LogP contribution in [0.1, 0.15) is 17.1 Å². The summed E-state index contributed by atoms with van der Waals surface area (Å²) in [6.07, 6.45) is -1.77. The van der Waals surface area contributed by atoms with Crippen molar-refractivity contribution in [1.82, 2.24) is 19.9 Å². The maximum absolute atomic E-state index is 13.0. The van der Waals surface area contributed by atoms with Gasteiger partial charge in [-0.25, -0.2) is 15.0 Å². The van der Waals surface area contributed by atoms with E-state index in [9.17, 15) is 13.2 Å². The molecule has 8 heteroatoms. The van der Waals surface area contributed by atoms with Crippen LogP contribution in [0.4, 0.5) is 19.0 Å². The normalized spacial score (nSPS) is 11.7. The molecule has 0 saturated heterocycles. The van der Waals surface area contributed by atoms with Crippen LogP contribution >= 0.6 is 0 Å². The average molecular weight is 319 g/mol. The zero-order valence-electron chi connectivity index (χ0n) is 12.1. The number of fused-ring (bicyclic) bond motifs is 1. The molecule has 0 amide bonds. The van der Waals surface area contributed by atoms with E-state index in [4.69, 9.17) is 0 Å². The number of rotatable bonds is 3. The van der Waals surface area contributed by atoms with E-state index in [-0.39, 0.29) is 12.1 Å². The van der Waals surface area contributed by atoms with E-state index in [0.717, 1.165) is 6.20 Å². The van der Waals surface area contributed by atoms with E-state index in [1.807, 2.05) is 0 Å². The van der Waals surface area contributed by atoms with Crippen molar-refractivity contribution in [3.8, 4) is 0 Å². The second-order valence-electron chi connectivity index (χ2n) is 4.86. The molecule has 3 aromatic heterocycles. The van der Waals surface area contributed by atoms with Gasteiger partial charge in [0.1, 0.15) is 17.3 Å². The molecule has 0 saturated carbocycles. The number of aromatic nitrogens is 4. The minimum atomic E-state index is -4.50. The summed E-state index contributed by atoms with van der Waals surface area (Å²) in [6, 6.07) is 6.34. The van der Waals surface area contributed by atoms with Crippen LogP contribution in [0.3, 0.4) is 0 Å². The van der Waals surface area contributed by atoms with Crippen molar-refractivity contribution in [2.24, 2.45) is 0 Å². The van der Waals surface area contributed by atoms with Gasteiger partial charge in [0.25, 0.3) is 0 Å². The summed E-state index contributed by atoms with van der Waals surface area (Å²) in [7, 11) is 0. The lowest BCUT2D eigenvalue weighted by atomic mass is 10.2. The topological polar surface area (TPSA) is 63.6 Å². The van der Waals surface area contributed by atoms with E-state index in [0.29, 0.717) is 22.7 Å². The molecule has 23 heavy (non-hydrogen) atoms. The lowest BCUT2D eigenvalue weighted by Crippen LogP contribution is -2.14. The van der Waals surface area contributed by atoms with Crippen molar-refractivity contribution in [2.45, 2.75) is 19.6 Å². The fraction of sp³-hybridized carbons (Fsp3) is 0.200. The second-order valence-corrected chi connectivity index (χ2v) is 4.86. The van der Waals surface area contributed by atoms with Crippen molar-refractivity contribution in [3.05, 3.63) is 53.7 Å². The maximum atomic E-state index is 13.0. The first-order valence-electron chi connectivity index (χ1n) is 6.79. The lowest BCUT2D eigenvalue weighted by molar-refractivity contribution is -0.141. The van der Waals surface area contributed by atoms with E-state index < -0.39 is 11.9 Å². The second kappa shape index (κ2) is 5.79. The predicted octanol–water partition coefficient (Wildman–Crippen LogP) is 3.36. The molecular weight excluding hydrogens is 307 g/mol. The summed E-state index contributed by atoms with van der Waals surface area (Å²) in [5.74, 6) is 0.929. The Morgan fingerprint density at radius 2 is 1.78 bits per heavy atom. The molecule has 3 rings (SSSR count). The Hall–Kier alpha value is -2.77. The van der Waals surface area contributed by atoms with Gasteiger partial charge in [0.05, 0.1) is 5.39 Å². The number of nitrogens with zero attached hydrogens (tertiary/aromatic N) is 4. The molecule has 118 valence electrons. The molecule has 0 unspecified atom stereocenters. The van der Waals surface area contributed by atoms with E-state index in [2.05, 4.69) is 25.3 Å². The SMILES string of the molecule is Cc1nc(NCc2cccnc2C(F)(F)F)c2cccnc2n1. The van der Waals surface area contributed by atoms with Gasteiger partial charge in [-0.2, -0.15) is 13.2 Å². The van der Waals surface area contributed by atoms with Crippen molar-refractivity contribution in [3.63, 3.8) is 0 Å². The van der Waals surface area contributed by atoms with Crippen LogP contribution in [-0.2, 0) is 12.7 Å². The van der Waals surface area contributed by atoms with E-state index in [1.165, 1.54) is 12.1 Å². The Labute approximate surface area is 129 Å². The highest BCUT2D eigenvalue weighted by Crippen LogP contribution is 2.30. The highest BCUT2D eigenvalue weighted by molar-refractivity contribution is 5.86. The fourth-order valence-corrected chi connectivity index (χ4v) is 2.22. The van der Waals surface area contributed by atoms with Crippen molar-refractivity contribution in [1.29, 1.82) is 0 Å². The van der Waals surface area contributed by atoms with E-state index >= 15 is 0 Å². The molecule has 5 nitrogen and oxygen atoms in total. The summed E-state index contributed by atoms with van der Waals surface area (Å²) >= 11 is 0. The van der Waals surface area contributed by atoms with Crippen molar-refractivity contribution >= 4 is 16.9 Å². The summed E-state index contributed by atoms with van der Waals surface area (Å²) < 4.78 is 38.9. The Kier molecular flexibility index (Phi) is 3.81. The zero-order chi connectivity index (χ0) is 16.4. The van der Waals surface area contributed by atoms with Gasteiger partial charge < -0.3 is 5.32 Å². The van der Waals surface area contributed by atoms with Gasteiger partial charge in [-0.3, -0.25) is 4.98 Å². The summed E-state index contributed by atoms with van der Waals surface area (Å²) in [4.78, 5) is 16.0. The highest BCUT2D eigenvalue weighted by Gasteiger charge is 2.34. The fourth-order valence-electron chi connectivity index (χ4n) is 2.22. The zero-order valence-corrected chi connectivity index (χ0v) is 12.1. The molecule has 3 heterocycles. The number of nitrogens with one attached hydrogen (secondary N) is 1. The minimum absolute atomic E-state index is 0.0494. The van der Waals surface area contributed by atoms with Crippen LogP contribution < -0.4 is 5.32 Å². The van der Waals surface area contributed by atoms with Gasteiger partial charge >= 0.3 is 6.18 Å². The number of halogens is 3. The van der Waals surface area contributed by atoms with Crippen LogP contribution in [-0.4, -0.2) is 19.9 Å². The summed E-state index contributed by atoms with van der Waals surface area (Å²) in [5.41, 5.74) is -0.362. The number of anilines is 1. The quantitative estimate of drug-likeness (QED) is 0.802. The van der Waals surface area contributed by atoms with Gasteiger partial charge in [0.2, 0.25) is 0 Å². The predicted molar refractivity (Wildman–Crippen MR) is 78.6 cm³/mol. The van der Waals surface area contributed by atoms with Crippen LogP contribution in [0.2, 0.25) is 0 Å². The Bertz CT molecular complexity index is 848. The van der Waals surface area contributed by atoms with Gasteiger partial charge in [-0.15, -0.1) is 0 Å². The molecule has 0 aliphatic carbocycles. The van der Waals surface area contributed by atoms with Gasteiger partial charge in [0, 0.05) is 24.5 Å². The number of hydrogen-bond donors (Lipinski definition) is 1. The molecule has 0 aliphatic rings. The van der Waals surface area contributed by atoms with Gasteiger partial charge in [-0.05, 0) is 25.1 Å². The summed E-state index contributed by atoms with van der Waals surface area (Å²) in [6.45, 7) is 1.65. The first-order chi connectivity index (χ1) is 10.9. The third-order valence-electron chi connectivity index (χ3n) is 3.19. The Morgan fingerprint density at radius 3 is 2.57 bits per heavy atom. The number of pyridine rings is 2. The van der Waals surface area contributed by atoms with Crippen molar-refractivity contribution < 1.29 is 13.2 Å². The summed E-state index contributed by atoms with van der Waals surface area (Å²) in [5, 5.41) is 3.57. The number of alkyl halides is 3. The van der Waals surface area contributed by atoms with Crippen LogP contribution in [0, 0.1) is 6.92 Å². The maximum Gasteiger partial charge on any atom is 0.433 e. The molecular formula is C15H12F3N5. The monoisotopic (exact) mass is 319 g/mol. The molecule has 1 N–H and O–H groups in total. The Morgan fingerprint density at radius 1 is 1.04 bits per heavy atom. The minimum Gasteiger partial charge on any atom is -0.365 e. The standard InChI is InChI=1S/C15H12F3N5/c1-9-22-13-11(5-3-7-20-13)14(23-9)21-8-10-4-2-6-19-12(10)15(16,17)18/h2-7H,8H2,1H3,(H,20,21,22,23). The molecule has 3 aromatic rings. The Balaban J connectivity index is 1.93. The molecule has 0 bridgehead atoms. The van der Waals surface area contributed by atoms with Crippen LogP contribution in [0.25, 0.3) is 11.0 Å². The molecule has 0 aliphatic heterocycles. The largest absolute Gasteiger partial charge is 0.433 e. The number of aryl methyl sites for hydroxylation is 1. The van der Waals surface area contributed by atoms with Gasteiger partial charge in [0.15, 0.2) is 5.65 Å². The van der Waals surface area contributed by atoms with Crippen LogP contribution in [0.15, 0.2) is 36.7 Å². The third-order valence-corrected chi connectivity index (χ3v) is 3.19.